The number of carbonyl (C=O) groups excluding carboxylic acids is 1. The van der Waals surface area contributed by atoms with Crippen LogP contribution in [-0.2, 0) is 21.6 Å². The number of aliphatic hydroxyl groups is 1. The number of benzene rings is 2. The Bertz CT molecular complexity index is 1180. The minimum absolute atomic E-state index is 0.0473. The highest BCUT2D eigenvalue weighted by atomic mass is 19.1. The van der Waals surface area contributed by atoms with E-state index in [4.69, 9.17) is 13.9 Å². The normalized spacial score (nSPS) is 20.7. The van der Waals surface area contributed by atoms with Crippen LogP contribution in [0.5, 0.6) is 0 Å². The molecular formula is C26H28F2N2O5. The molecule has 0 spiro atoms. The topological polar surface area (TPSA) is 84.2 Å². The molecule has 0 radical (unpaired) electrons. The Balaban J connectivity index is 1.23. The van der Waals surface area contributed by atoms with Crippen molar-refractivity contribution in [1.82, 2.24) is 10.2 Å². The zero-order valence-electron chi connectivity index (χ0n) is 19.3. The van der Waals surface area contributed by atoms with Crippen LogP contribution in [0.3, 0.4) is 0 Å². The maximum absolute atomic E-state index is 14.0. The average Bonchev–Trinajstić information content (AvgIpc) is 3.30. The zero-order chi connectivity index (χ0) is 24.4. The predicted molar refractivity (Wildman–Crippen MR) is 124 cm³/mol. The molecule has 0 saturated carbocycles. The molecule has 2 aliphatic heterocycles. The van der Waals surface area contributed by atoms with Gasteiger partial charge >= 0.3 is 0 Å². The van der Waals surface area contributed by atoms with E-state index in [1.165, 1.54) is 18.2 Å². The van der Waals surface area contributed by atoms with Gasteiger partial charge in [0.25, 0.3) is 5.91 Å². The minimum Gasteiger partial charge on any atom is -0.451 e. The molecule has 35 heavy (non-hydrogen) atoms. The lowest BCUT2D eigenvalue weighted by atomic mass is 9.84. The second-order valence-corrected chi connectivity index (χ2v) is 9.15. The summed E-state index contributed by atoms with van der Waals surface area (Å²) in [5.41, 5.74) is 0.247. The summed E-state index contributed by atoms with van der Waals surface area (Å²) in [7, 11) is 0. The van der Waals surface area contributed by atoms with E-state index >= 15 is 0 Å². The van der Waals surface area contributed by atoms with E-state index in [9.17, 15) is 18.7 Å². The maximum Gasteiger partial charge on any atom is 0.287 e. The molecule has 0 bridgehead atoms. The van der Waals surface area contributed by atoms with Crippen molar-refractivity contribution in [2.45, 2.75) is 31.1 Å². The summed E-state index contributed by atoms with van der Waals surface area (Å²) in [6, 6.07) is 10.9. The van der Waals surface area contributed by atoms with Crippen molar-refractivity contribution in [1.29, 1.82) is 0 Å². The second kappa shape index (κ2) is 10.0. The van der Waals surface area contributed by atoms with Gasteiger partial charge < -0.3 is 24.3 Å². The van der Waals surface area contributed by atoms with Gasteiger partial charge in [-0.2, -0.15) is 0 Å². The second-order valence-electron chi connectivity index (χ2n) is 9.15. The number of likely N-dealkylation sites (tertiary alicyclic amines) is 1. The smallest absolute Gasteiger partial charge is 0.287 e. The minimum atomic E-state index is -1.07. The molecule has 0 aliphatic carbocycles. The highest BCUT2D eigenvalue weighted by Crippen LogP contribution is 2.35. The largest absolute Gasteiger partial charge is 0.451 e. The summed E-state index contributed by atoms with van der Waals surface area (Å²) in [5.74, 6) is -1.28. The van der Waals surface area contributed by atoms with Crippen LogP contribution in [0.4, 0.5) is 8.78 Å². The molecule has 5 rings (SSSR count). The third-order valence-corrected chi connectivity index (χ3v) is 6.78. The van der Waals surface area contributed by atoms with Crippen molar-refractivity contribution in [2.24, 2.45) is 0 Å². The molecule has 1 aromatic heterocycles. The molecule has 1 atom stereocenters. The van der Waals surface area contributed by atoms with Gasteiger partial charge in [-0.1, -0.05) is 12.1 Å². The van der Waals surface area contributed by atoms with Crippen LogP contribution in [0.25, 0.3) is 11.0 Å². The molecule has 2 saturated heterocycles. The Morgan fingerprint density at radius 1 is 1.11 bits per heavy atom. The number of nitrogens with one attached hydrogen (secondary N) is 1. The first-order valence-corrected chi connectivity index (χ1v) is 11.8. The molecule has 2 fully saturated rings. The van der Waals surface area contributed by atoms with Crippen LogP contribution in [0.2, 0.25) is 0 Å². The Labute approximate surface area is 201 Å². The summed E-state index contributed by atoms with van der Waals surface area (Å²) in [6.07, 6.45) is 0.658. The van der Waals surface area contributed by atoms with Gasteiger partial charge in [-0.05, 0) is 48.7 Å². The van der Waals surface area contributed by atoms with E-state index in [-0.39, 0.29) is 29.9 Å². The molecular weight excluding hydrogens is 458 g/mol. The van der Waals surface area contributed by atoms with Crippen molar-refractivity contribution in [3.63, 3.8) is 0 Å². The maximum atomic E-state index is 14.0. The van der Waals surface area contributed by atoms with Crippen LogP contribution < -0.4 is 5.32 Å². The lowest BCUT2D eigenvalue weighted by molar-refractivity contribution is -0.0856. The van der Waals surface area contributed by atoms with Gasteiger partial charge in [-0.25, -0.2) is 8.78 Å². The van der Waals surface area contributed by atoms with Crippen LogP contribution >= 0.6 is 0 Å². The summed E-state index contributed by atoms with van der Waals surface area (Å²) in [4.78, 5) is 14.5. The van der Waals surface area contributed by atoms with Gasteiger partial charge in [0.2, 0.25) is 0 Å². The number of rotatable bonds is 6. The average molecular weight is 487 g/mol. The van der Waals surface area contributed by atoms with Crippen molar-refractivity contribution in [3.8, 4) is 0 Å². The molecule has 2 N–H and O–H groups in total. The Kier molecular flexibility index (Phi) is 6.84. The van der Waals surface area contributed by atoms with E-state index in [0.717, 1.165) is 5.56 Å². The zero-order valence-corrected chi connectivity index (χ0v) is 19.3. The first-order valence-electron chi connectivity index (χ1n) is 11.8. The van der Waals surface area contributed by atoms with Crippen LogP contribution in [0, 0.1) is 11.6 Å². The molecule has 3 aromatic rings. The number of hydrogen-bond acceptors (Lipinski definition) is 6. The van der Waals surface area contributed by atoms with Crippen molar-refractivity contribution in [2.75, 3.05) is 39.5 Å². The molecule has 2 aliphatic rings. The van der Waals surface area contributed by atoms with Crippen LogP contribution in [0.15, 0.2) is 46.9 Å². The summed E-state index contributed by atoms with van der Waals surface area (Å²) in [5, 5.41) is 14.8. The molecule has 9 heteroatoms. The fourth-order valence-electron chi connectivity index (χ4n) is 4.67. The van der Waals surface area contributed by atoms with E-state index in [0.29, 0.717) is 63.3 Å². The SMILES string of the molecule is O=C(NC[C@@H]1COCCO1)c1cc2cc(C3(O)CCN(Cc4c(F)cccc4F)CC3)ccc2o1. The molecule has 2 aromatic carbocycles. The first kappa shape index (κ1) is 23.9. The highest BCUT2D eigenvalue weighted by molar-refractivity contribution is 5.96. The number of fused-ring (bicyclic) bond motifs is 1. The number of hydrogen-bond donors (Lipinski definition) is 2. The van der Waals surface area contributed by atoms with Gasteiger partial charge in [-0.3, -0.25) is 9.69 Å². The van der Waals surface area contributed by atoms with Gasteiger partial charge in [-0.15, -0.1) is 0 Å². The number of piperidine rings is 1. The van der Waals surface area contributed by atoms with E-state index < -0.39 is 17.2 Å². The third kappa shape index (κ3) is 5.23. The Morgan fingerprint density at radius 2 is 1.89 bits per heavy atom. The van der Waals surface area contributed by atoms with E-state index in [1.54, 1.807) is 18.2 Å². The number of amides is 1. The summed E-state index contributed by atoms with van der Waals surface area (Å²) in [6.45, 7) is 2.98. The third-order valence-electron chi connectivity index (χ3n) is 6.78. The van der Waals surface area contributed by atoms with Gasteiger partial charge in [0.05, 0.1) is 31.5 Å². The predicted octanol–water partition coefficient (Wildman–Crippen LogP) is 3.34. The molecule has 0 unspecified atom stereocenters. The number of ether oxygens (including phenoxy) is 2. The molecule has 7 nitrogen and oxygen atoms in total. The lowest BCUT2D eigenvalue weighted by Gasteiger charge is -2.38. The number of furan rings is 1. The van der Waals surface area contributed by atoms with Gasteiger partial charge in [0.15, 0.2) is 5.76 Å². The standard InChI is InChI=1S/C26H28F2N2O5/c27-21-2-1-3-22(28)20(21)15-30-8-6-26(32,7-9-30)18-4-5-23-17(12-18)13-24(35-23)25(31)29-14-19-16-33-10-11-34-19/h1-5,12-13,19,32H,6-11,14-16H2,(H,29,31)/t19-/m1/s1. The lowest BCUT2D eigenvalue weighted by Crippen LogP contribution is -2.42. The summed E-state index contributed by atoms with van der Waals surface area (Å²) < 4.78 is 44.6. The van der Waals surface area contributed by atoms with Gasteiger partial charge in [0, 0.05) is 37.1 Å². The highest BCUT2D eigenvalue weighted by Gasteiger charge is 2.34. The fraction of sp³-hybridized carbons (Fsp3) is 0.423. The molecule has 3 heterocycles. The summed E-state index contributed by atoms with van der Waals surface area (Å²) >= 11 is 0. The first-order chi connectivity index (χ1) is 16.9. The van der Waals surface area contributed by atoms with Crippen molar-refractivity contribution >= 4 is 16.9 Å². The molecule has 1 amide bonds. The van der Waals surface area contributed by atoms with Crippen molar-refractivity contribution < 1.29 is 32.6 Å². The van der Waals surface area contributed by atoms with E-state index in [2.05, 4.69) is 5.32 Å². The fourth-order valence-corrected chi connectivity index (χ4v) is 4.67. The van der Waals surface area contributed by atoms with E-state index in [1.807, 2.05) is 11.0 Å². The van der Waals surface area contributed by atoms with Crippen LogP contribution in [0.1, 0.15) is 34.5 Å². The van der Waals surface area contributed by atoms with Crippen LogP contribution in [-0.4, -0.2) is 61.5 Å². The monoisotopic (exact) mass is 486 g/mol. The molecule has 186 valence electrons. The Morgan fingerprint density at radius 3 is 2.60 bits per heavy atom. The number of carbonyl (C=O) groups is 1. The van der Waals surface area contributed by atoms with Gasteiger partial charge in [0.1, 0.15) is 17.2 Å². The van der Waals surface area contributed by atoms with Crippen molar-refractivity contribution in [3.05, 3.63) is 71.0 Å². The number of halogens is 2. The number of nitrogens with zero attached hydrogens (tertiary/aromatic N) is 1. The quantitative estimate of drug-likeness (QED) is 0.556. The Hall–Kier alpha value is -2.85.